The average molecular weight is 554 g/mol. The number of anilines is 1. The molecule has 0 radical (unpaired) electrons. The molecule has 2 amide bonds. The fraction of sp³-hybridized carbons (Fsp3) is 0.333. The van der Waals surface area contributed by atoms with E-state index >= 15 is 0 Å². The zero-order valence-electron chi connectivity index (χ0n) is 22.8. The van der Waals surface area contributed by atoms with Gasteiger partial charge in [-0.3, -0.25) is 13.9 Å². The number of hydrogen-bond donors (Lipinski definition) is 1. The SMILES string of the molecule is Cc1ccccc1N(CC(=O)N(Cc1ccccc1F)C(Cc1ccccc1)C(=O)NCC(C)C)S(C)(=O)=O. The molecule has 3 aromatic rings. The van der Waals surface area contributed by atoms with E-state index < -0.39 is 34.3 Å². The van der Waals surface area contributed by atoms with Crippen molar-refractivity contribution >= 4 is 27.5 Å². The van der Waals surface area contributed by atoms with Crippen LogP contribution in [0.2, 0.25) is 0 Å². The van der Waals surface area contributed by atoms with Crippen LogP contribution in [0.15, 0.2) is 78.9 Å². The fourth-order valence-corrected chi connectivity index (χ4v) is 5.13. The summed E-state index contributed by atoms with van der Waals surface area (Å²) in [6.07, 6.45) is 1.21. The van der Waals surface area contributed by atoms with Gasteiger partial charge in [-0.1, -0.05) is 80.6 Å². The number of benzene rings is 3. The van der Waals surface area contributed by atoms with Crippen molar-refractivity contribution < 1.29 is 22.4 Å². The highest BCUT2D eigenvalue weighted by molar-refractivity contribution is 7.92. The van der Waals surface area contributed by atoms with Crippen LogP contribution in [-0.2, 0) is 32.6 Å². The van der Waals surface area contributed by atoms with Crippen molar-refractivity contribution in [1.29, 1.82) is 0 Å². The van der Waals surface area contributed by atoms with Crippen molar-refractivity contribution in [1.82, 2.24) is 10.2 Å². The second kappa shape index (κ2) is 13.4. The maximum absolute atomic E-state index is 14.8. The average Bonchev–Trinajstić information content (AvgIpc) is 2.89. The number of aryl methyl sites for hydroxylation is 1. The van der Waals surface area contributed by atoms with Crippen LogP contribution in [0.5, 0.6) is 0 Å². The van der Waals surface area contributed by atoms with E-state index in [-0.39, 0.29) is 30.4 Å². The molecule has 0 saturated heterocycles. The van der Waals surface area contributed by atoms with E-state index in [0.29, 0.717) is 17.8 Å². The summed E-state index contributed by atoms with van der Waals surface area (Å²) < 4.78 is 41.5. The lowest BCUT2D eigenvalue weighted by Crippen LogP contribution is -2.53. The first-order chi connectivity index (χ1) is 18.5. The number of halogens is 1. The van der Waals surface area contributed by atoms with Gasteiger partial charge in [-0.25, -0.2) is 12.8 Å². The number of hydrogen-bond acceptors (Lipinski definition) is 4. The number of nitrogens with zero attached hydrogens (tertiary/aromatic N) is 2. The van der Waals surface area contributed by atoms with Gasteiger partial charge in [0.2, 0.25) is 21.8 Å². The number of carbonyl (C=O) groups is 2. The lowest BCUT2D eigenvalue weighted by molar-refractivity contribution is -0.140. The van der Waals surface area contributed by atoms with Gasteiger partial charge in [-0.2, -0.15) is 0 Å². The Morgan fingerprint density at radius 3 is 2.15 bits per heavy atom. The van der Waals surface area contributed by atoms with Crippen LogP contribution < -0.4 is 9.62 Å². The van der Waals surface area contributed by atoms with E-state index in [1.807, 2.05) is 44.2 Å². The Balaban J connectivity index is 2.06. The topological polar surface area (TPSA) is 86.8 Å². The van der Waals surface area contributed by atoms with Crippen LogP contribution in [0.1, 0.15) is 30.5 Å². The van der Waals surface area contributed by atoms with Gasteiger partial charge >= 0.3 is 0 Å². The summed E-state index contributed by atoms with van der Waals surface area (Å²) in [5.74, 6) is -1.36. The highest BCUT2D eigenvalue weighted by Crippen LogP contribution is 2.24. The van der Waals surface area contributed by atoms with E-state index in [2.05, 4.69) is 5.32 Å². The first-order valence-corrected chi connectivity index (χ1v) is 14.7. The fourth-order valence-electron chi connectivity index (χ4n) is 4.22. The molecule has 39 heavy (non-hydrogen) atoms. The third-order valence-corrected chi connectivity index (χ3v) is 7.44. The first kappa shape index (κ1) is 29.8. The number of carbonyl (C=O) groups excluding carboxylic acids is 2. The number of para-hydroxylation sites is 1. The van der Waals surface area contributed by atoms with E-state index in [0.717, 1.165) is 16.1 Å². The van der Waals surface area contributed by atoms with E-state index in [1.54, 1.807) is 49.4 Å². The predicted octanol–water partition coefficient (Wildman–Crippen LogP) is 4.31. The molecule has 0 bridgehead atoms. The Morgan fingerprint density at radius 2 is 1.54 bits per heavy atom. The van der Waals surface area contributed by atoms with Crippen LogP contribution in [0.25, 0.3) is 0 Å². The minimum Gasteiger partial charge on any atom is -0.354 e. The minimum absolute atomic E-state index is 0.170. The molecule has 9 heteroatoms. The van der Waals surface area contributed by atoms with Crippen LogP contribution in [0.4, 0.5) is 10.1 Å². The number of nitrogens with one attached hydrogen (secondary N) is 1. The van der Waals surface area contributed by atoms with Gasteiger partial charge in [0.1, 0.15) is 18.4 Å². The quantitative estimate of drug-likeness (QED) is 0.362. The third-order valence-electron chi connectivity index (χ3n) is 6.32. The lowest BCUT2D eigenvalue weighted by atomic mass is 10.0. The van der Waals surface area contributed by atoms with Crippen molar-refractivity contribution in [3.63, 3.8) is 0 Å². The minimum atomic E-state index is -3.87. The van der Waals surface area contributed by atoms with E-state index in [9.17, 15) is 22.4 Å². The summed E-state index contributed by atoms with van der Waals surface area (Å²) in [6, 6.07) is 21.1. The zero-order valence-corrected chi connectivity index (χ0v) is 23.6. The molecule has 1 unspecified atom stereocenters. The normalized spacial score (nSPS) is 12.2. The Morgan fingerprint density at radius 1 is 0.923 bits per heavy atom. The Bertz CT molecular complexity index is 1380. The van der Waals surface area contributed by atoms with Gasteiger partial charge in [-0.05, 0) is 36.1 Å². The second-order valence-corrected chi connectivity index (χ2v) is 11.9. The summed E-state index contributed by atoms with van der Waals surface area (Å²) in [7, 11) is -3.87. The molecule has 0 fully saturated rings. The number of amides is 2. The molecular weight excluding hydrogens is 517 g/mol. The number of rotatable bonds is 12. The highest BCUT2D eigenvalue weighted by atomic mass is 32.2. The molecule has 0 aliphatic rings. The molecule has 1 N–H and O–H groups in total. The number of sulfonamides is 1. The molecule has 0 aliphatic carbocycles. The second-order valence-electron chi connectivity index (χ2n) is 10.0. The van der Waals surface area contributed by atoms with Crippen LogP contribution in [0, 0.1) is 18.7 Å². The molecule has 208 valence electrons. The summed E-state index contributed by atoms with van der Waals surface area (Å²) in [5, 5.41) is 2.90. The van der Waals surface area contributed by atoms with Crippen LogP contribution in [0.3, 0.4) is 0 Å². The summed E-state index contributed by atoms with van der Waals surface area (Å²) in [6.45, 7) is 5.32. The maximum Gasteiger partial charge on any atom is 0.244 e. The molecule has 3 rings (SSSR count). The highest BCUT2D eigenvalue weighted by Gasteiger charge is 2.33. The summed E-state index contributed by atoms with van der Waals surface area (Å²) in [5.41, 5.74) is 2.07. The molecule has 3 aromatic carbocycles. The summed E-state index contributed by atoms with van der Waals surface area (Å²) >= 11 is 0. The van der Waals surface area contributed by atoms with Gasteiger partial charge in [-0.15, -0.1) is 0 Å². The van der Waals surface area contributed by atoms with Crippen molar-refractivity contribution in [2.24, 2.45) is 5.92 Å². The standard InChI is InChI=1S/C30H36FN3O4S/c1-22(2)19-32-30(36)28(18-24-13-6-5-7-14-24)33(20-25-15-9-10-16-26(25)31)29(35)21-34(39(4,37)38)27-17-11-8-12-23(27)3/h5-17,22,28H,18-21H2,1-4H3,(H,32,36). The van der Waals surface area contributed by atoms with Crippen LogP contribution >= 0.6 is 0 Å². The van der Waals surface area contributed by atoms with Crippen LogP contribution in [-0.4, -0.2) is 50.5 Å². The predicted molar refractivity (Wildman–Crippen MR) is 152 cm³/mol. The van der Waals surface area contributed by atoms with Gasteiger partial charge in [0.15, 0.2) is 0 Å². The Labute approximate surface area is 230 Å². The van der Waals surface area contributed by atoms with E-state index in [4.69, 9.17) is 0 Å². The first-order valence-electron chi connectivity index (χ1n) is 12.8. The van der Waals surface area contributed by atoms with Gasteiger partial charge in [0, 0.05) is 25.1 Å². The van der Waals surface area contributed by atoms with Crippen molar-refractivity contribution in [2.75, 3.05) is 23.7 Å². The Kier molecular flexibility index (Phi) is 10.2. The van der Waals surface area contributed by atoms with Crippen molar-refractivity contribution in [3.8, 4) is 0 Å². The van der Waals surface area contributed by atoms with E-state index in [1.165, 1.54) is 11.0 Å². The Hall–Kier alpha value is -3.72. The molecule has 0 aliphatic heterocycles. The smallest absolute Gasteiger partial charge is 0.244 e. The maximum atomic E-state index is 14.8. The van der Waals surface area contributed by atoms with Gasteiger partial charge in [0.05, 0.1) is 11.9 Å². The van der Waals surface area contributed by atoms with Crippen molar-refractivity contribution in [2.45, 2.75) is 39.8 Å². The molecule has 0 heterocycles. The third kappa shape index (κ3) is 8.38. The van der Waals surface area contributed by atoms with Gasteiger partial charge < -0.3 is 10.2 Å². The molecule has 0 spiro atoms. The summed E-state index contributed by atoms with van der Waals surface area (Å²) in [4.78, 5) is 28.8. The molecule has 0 aromatic heterocycles. The molecule has 7 nitrogen and oxygen atoms in total. The van der Waals surface area contributed by atoms with Gasteiger partial charge in [0.25, 0.3) is 0 Å². The molecular formula is C30H36FN3O4S. The largest absolute Gasteiger partial charge is 0.354 e. The lowest BCUT2D eigenvalue weighted by Gasteiger charge is -2.34. The molecule has 1 atom stereocenters. The monoisotopic (exact) mass is 553 g/mol. The zero-order chi connectivity index (χ0) is 28.6. The van der Waals surface area contributed by atoms with Crippen molar-refractivity contribution in [3.05, 3.63) is 101 Å². The molecule has 0 saturated carbocycles.